The molecule has 0 amide bonds. The van der Waals surface area contributed by atoms with E-state index in [1.165, 1.54) is 6.08 Å². The van der Waals surface area contributed by atoms with Crippen molar-refractivity contribution in [3.63, 3.8) is 0 Å². The third kappa shape index (κ3) is 2.98. The van der Waals surface area contributed by atoms with Gasteiger partial charge in [0.1, 0.15) is 0 Å². The SMILES string of the molecule is CC1(C(F)(F)F)CC(c2ccccc2)=CC=C1C(=O)CBr. The van der Waals surface area contributed by atoms with Gasteiger partial charge in [0.15, 0.2) is 5.78 Å². The monoisotopic (exact) mass is 358 g/mol. The molecule has 1 aliphatic carbocycles. The Morgan fingerprint density at radius 3 is 2.38 bits per heavy atom. The molecule has 0 fully saturated rings. The summed E-state index contributed by atoms with van der Waals surface area (Å²) in [5.74, 6) is -0.529. The largest absolute Gasteiger partial charge is 0.398 e. The summed E-state index contributed by atoms with van der Waals surface area (Å²) in [6.45, 7) is 1.09. The minimum absolute atomic E-state index is 0.112. The molecular formula is C16H14BrF3O. The highest BCUT2D eigenvalue weighted by molar-refractivity contribution is 9.09. The van der Waals surface area contributed by atoms with E-state index in [4.69, 9.17) is 0 Å². The van der Waals surface area contributed by atoms with Gasteiger partial charge in [-0.25, -0.2) is 0 Å². The summed E-state index contributed by atoms with van der Waals surface area (Å²) >= 11 is 2.95. The van der Waals surface area contributed by atoms with E-state index in [1.54, 1.807) is 30.3 Å². The quantitative estimate of drug-likeness (QED) is 0.700. The lowest BCUT2D eigenvalue weighted by atomic mass is 9.70. The third-order valence-corrected chi connectivity index (χ3v) is 4.29. The average Bonchev–Trinajstić information content (AvgIpc) is 2.46. The van der Waals surface area contributed by atoms with Crippen molar-refractivity contribution in [2.75, 3.05) is 5.33 Å². The van der Waals surface area contributed by atoms with Crippen LogP contribution in [0.25, 0.3) is 5.57 Å². The predicted molar refractivity (Wildman–Crippen MR) is 80.1 cm³/mol. The van der Waals surface area contributed by atoms with Crippen LogP contribution >= 0.6 is 15.9 Å². The first-order valence-electron chi connectivity index (χ1n) is 6.42. The summed E-state index contributed by atoms with van der Waals surface area (Å²) in [6, 6.07) is 8.92. The molecule has 2 rings (SSSR count). The van der Waals surface area contributed by atoms with Crippen molar-refractivity contribution in [1.29, 1.82) is 0 Å². The molecule has 0 bridgehead atoms. The zero-order valence-electron chi connectivity index (χ0n) is 11.4. The summed E-state index contributed by atoms with van der Waals surface area (Å²) in [4.78, 5) is 11.8. The maximum Gasteiger partial charge on any atom is 0.398 e. The van der Waals surface area contributed by atoms with Crippen LogP contribution in [0.1, 0.15) is 18.9 Å². The summed E-state index contributed by atoms with van der Waals surface area (Å²) in [6.07, 6.45) is -1.79. The second-order valence-electron chi connectivity index (χ2n) is 5.20. The highest BCUT2D eigenvalue weighted by atomic mass is 79.9. The van der Waals surface area contributed by atoms with Gasteiger partial charge >= 0.3 is 6.18 Å². The van der Waals surface area contributed by atoms with Gasteiger partial charge in [-0.3, -0.25) is 4.79 Å². The number of Topliss-reactive ketones (excluding diaryl/α,β-unsaturated/α-hetero) is 1. The van der Waals surface area contributed by atoms with Crippen molar-refractivity contribution in [3.05, 3.63) is 53.6 Å². The van der Waals surface area contributed by atoms with E-state index < -0.39 is 17.4 Å². The van der Waals surface area contributed by atoms with Gasteiger partial charge in [0.05, 0.1) is 10.7 Å². The maximum atomic E-state index is 13.5. The molecule has 0 heterocycles. The number of ketones is 1. The van der Waals surface area contributed by atoms with E-state index in [0.717, 1.165) is 12.5 Å². The van der Waals surface area contributed by atoms with Crippen LogP contribution in [0.3, 0.4) is 0 Å². The number of hydrogen-bond donors (Lipinski definition) is 0. The summed E-state index contributed by atoms with van der Waals surface area (Å²) in [5.41, 5.74) is -1.01. The lowest BCUT2D eigenvalue weighted by molar-refractivity contribution is -0.203. The van der Waals surface area contributed by atoms with Gasteiger partial charge in [0, 0.05) is 5.57 Å². The van der Waals surface area contributed by atoms with E-state index in [1.807, 2.05) is 6.07 Å². The summed E-state index contributed by atoms with van der Waals surface area (Å²) in [5, 5.41) is -0.112. The molecular weight excluding hydrogens is 345 g/mol. The molecule has 1 unspecified atom stereocenters. The molecule has 0 aromatic heterocycles. The first-order valence-corrected chi connectivity index (χ1v) is 7.54. The fraction of sp³-hybridized carbons (Fsp3) is 0.312. The van der Waals surface area contributed by atoms with Crippen molar-refractivity contribution in [2.45, 2.75) is 19.5 Å². The molecule has 5 heteroatoms. The molecule has 1 atom stereocenters. The summed E-state index contributed by atoms with van der Waals surface area (Å²) in [7, 11) is 0. The van der Waals surface area contributed by atoms with Gasteiger partial charge < -0.3 is 0 Å². The standard InChI is InChI=1S/C16H14BrF3O/c1-15(16(18,19)20)9-12(11-5-3-2-4-6-11)7-8-13(15)14(21)10-17/h2-8H,9-10H2,1H3. The molecule has 21 heavy (non-hydrogen) atoms. The van der Waals surface area contributed by atoms with Crippen molar-refractivity contribution >= 4 is 27.3 Å². The van der Waals surface area contributed by atoms with Crippen molar-refractivity contribution in [2.24, 2.45) is 5.41 Å². The van der Waals surface area contributed by atoms with Crippen LogP contribution in [0, 0.1) is 5.41 Å². The van der Waals surface area contributed by atoms with Crippen LogP contribution in [0.15, 0.2) is 48.1 Å². The van der Waals surface area contributed by atoms with Crippen LogP contribution in [-0.2, 0) is 4.79 Å². The highest BCUT2D eigenvalue weighted by Gasteiger charge is 2.55. The van der Waals surface area contributed by atoms with E-state index in [2.05, 4.69) is 15.9 Å². The van der Waals surface area contributed by atoms with E-state index >= 15 is 0 Å². The predicted octanol–water partition coefficient (Wildman–Crippen LogP) is 4.93. The zero-order chi connectivity index (χ0) is 15.7. The van der Waals surface area contributed by atoms with Crippen molar-refractivity contribution in [1.82, 2.24) is 0 Å². The zero-order valence-corrected chi connectivity index (χ0v) is 13.0. The summed E-state index contributed by atoms with van der Waals surface area (Å²) < 4.78 is 40.6. The number of alkyl halides is 4. The van der Waals surface area contributed by atoms with Crippen LogP contribution in [-0.4, -0.2) is 17.3 Å². The molecule has 1 aliphatic rings. The fourth-order valence-corrected chi connectivity index (χ4v) is 2.78. The topological polar surface area (TPSA) is 17.1 Å². The molecule has 112 valence electrons. The van der Waals surface area contributed by atoms with Crippen LogP contribution in [0.2, 0.25) is 0 Å². The van der Waals surface area contributed by atoms with Crippen LogP contribution in [0.4, 0.5) is 13.2 Å². The Bertz CT molecular complexity index is 602. The molecule has 0 radical (unpaired) electrons. The van der Waals surface area contributed by atoms with Gasteiger partial charge in [-0.05, 0) is 24.5 Å². The Hall–Kier alpha value is -1.36. The van der Waals surface area contributed by atoms with Gasteiger partial charge in [-0.15, -0.1) is 0 Å². The van der Waals surface area contributed by atoms with Gasteiger partial charge in [-0.1, -0.05) is 58.4 Å². The Balaban J connectivity index is 2.50. The van der Waals surface area contributed by atoms with Crippen molar-refractivity contribution < 1.29 is 18.0 Å². The number of allylic oxidation sites excluding steroid dienone is 4. The van der Waals surface area contributed by atoms with Crippen LogP contribution in [0.5, 0.6) is 0 Å². The molecule has 1 aromatic carbocycles. The normalized spacial score (nSPS) is 22.5. The number of hydrogen-bond acceptors (Lipinski definition) is 1. The van der Waals surface area contributed by atoms with E-state index in [-0.39, 0.29) is 17.3 Å². The third-order valence-electron chi connectivity index (χ3n) is 3.78. The van der Waals surface area contributed by atoms with Gasteiger partial charge in [-0.2, -0.15) is 13.2 Å². The Labute approximate surface area is 129 Å². The Morgan fingerprint density at radius 2 is 1.86 bits per heavy atom. The molecule has 1 aromatic rings. The second-order valence-corrected chi connectivity index (χ2v) is 5.76. The second kappa shape index (κ2) is 5.79. The molecule has 0 spiro atoms. The van der Waals surface area contributed by atoms with E-state index in [9.17, 15) is 18.0 Å². The minimum Gasteiger partial charge on any atom is -0.294 e. The lowest BCUT2D eigenvalue weighted by Gasteiger charge is -2.36. The molecule has 1 nitrogen and oxygen atoms in total. The molecule has 0 N–H and O–H groups in total. The number of rotatable bonds is 3. The van der Waals surface area contributed by atoms with Gasteiger partial charge in [0.25, 0.3) is 0 Å². The smallest absolute Gasteiger partial charge is 0.294 e. The van der Waals surface area contributed by atoms with E-state index in [0.29, 0.717) is 5.57 Å². The first-order chi connectivity index (χ1) is 9.79. The fourth-order valence-electron chi connectivity index (χ4n) is 2.48. The Kier molecular flexibility index (Phi) is 4.42. The minimum atomic E-state index is -4.48. The molecule has 0 saturated carbocycles. The maximum absolute atomic E-state index is 13.5. The highest BCUT2D eigenvalue weighted by Crippen LogP contribution is 2.51. The molecule has 0 saturated heterocycles. The number of carbonyl (C=O) groups is 1. The molecule has 0 aliphatic heterocycles. The number of halogens is 4. The van der Waals surface area contributed by atoms with Crippen molar-refractivity contribution in [3.8, 4) is 0 Å². The van der Waals surface area contributed by atoms with Gasteiger partial charge in [0.2, 0.25) is 0 Å². The first kappa shape index (κ1) is 16.0. The lowest BCUT2D eigenvalue weighted by Crippen LogP contribution is -2.41. The Morgan fingerprint density at radius 1 is 1.24 bits per heavy atom. The number of benzene rings is 1. The number of carbonyl (C=O) groups excluding carboxylic acids is 1. The average molecular weight is 359 g/mol. The van der Waals surface area contributed by atoms with Crippen LogP contribution < -0.4 is 0 Å².